The molecule has 340 valence electrons. The van der Waals surface area contributed by atoms with E-state index in [1.165, 1.54) is 11.7 Å². The number of benzene rings is 5. The fourth-order valence-electron chi connectivity index (χ4n) is 7.08. The van der Waals surface area contributed by atoms with E-state index in [-0.39, 0.29) is 13.2 Å². The normalized spacial score (nSPS) is 18.7. The smallest absolute Gasteiger partial charge is 0.186 e. The average Bonchev–Trinajstić information content (AvgIpc) is 3.84. The van der Waals surface area contributed by atoms with Gasteiger partial charge in [-0.25, -0.2) is 0 Å². The van der Waals surface area contributed by atoms with E-state index in [4.69, 9.17) is 46.6 Å². The predicted molar refractivity (Wildman–Crippen MR) is 242 cm³/mol. The molecule has 6 aromatic rings. The van der Waals surface area contributed by atoms with Gasteiger partial charge in [-0.15, -0.1) is 0 Å². The number of hydrogen-bond acceptors (Lipinski definition) is 16. The van der Waals surface area contributed by atoms with Crippen LogP contribution in [0.15, 0.2) is 121 Å². The maximum atomic E-state index is 9.97. The van der Waals surface area contributed by atoms with Gasteiger partial charge in [-0.3, -0.25) is 0 Å². The minimum atomic E-state index is -1.48. The number of anilines is 3. The summed E-state index contributed by atoms with van der Waals surface area (Å²) in [4.78, 5) is 2.25. The number of aliphatic hydroxyl groups excluding tert-OH is 4. The largest absolute Gasteiger partial charge is 0.491 e. The van der Waals surface area contributed by atoms with E-state index in [0.717, 1.165) is 56.1 Å². The van der Waals surface area contributed by atoms with Crippen molar-refractivity contribution in [3.05, 3.63) is 121 Å². The molecule has 4 N–H and O–H groups in total. The van der Waals surface area contributed by atoms with E-state index >= 15 is 0 Å². The molecule has 7 rings (SSSR count). The van der Waals surface area contributed by atoms with E-state index in [9.17, 15) is 20.4 Å². The molecule has 15 nitrogen and oxygen atoms in total. The van der Waals surface area contributed by atoms with Crippen LogP contribution in [0.2, 0.25) is 0 Å². The van der Waals surface area contributed by atoms with Gasteiger partial charge in [0.15, 0.2) is 6.29 Å². The van der Waals surface area contributed by atoms with Crippen molar-refractivity contribution >= 4 is 39.8 Å². The van der Waals surface area contributed by atoms with E-state index in [2.05, 4.69) is 89.8 Å². The predicted octanol–water partition coefficient (Wildman–Crippen LogP) is 5.77. The van der Waals surface area contributed by atoms with Crippen LogP contribution in [0.25, 0.3) is 33.3 Å². The van der Waals surface area contributed by atoms with Gasteiger partial charge in [-0.05, 0) is 59.7 Å². The number of fused-ring (bicyclic) bond motifs is 1. The van der Waals surface area contributed by atoms with Crippen LogP contribution < -0.4 is 9.64 Å². The SMILES string of the molecule is OC[C@H]1O[C@H](OCCOCCOCCOCCOCCOCCOc2ccc(-c3ccc(-c4ccc(N(c5ccccc5)c5ccccc5)cc4)c4nsnc34)cc2)[C@@H](O)[C@@H](O)[C@@H]1O. The summed E-state index contributed by atoms with van der Waals surface area (Å²) in [7, 11) is 0. The third-order valence-electron chi connectivity index (χ3n) is 10.4. The van der Waals surface area contributed by atoms with Gasteiger partial charge in [0.05, 0.1) is 91.0 Å². The number of ether oxygens (including phenoxy) is 8. The number of nitrogens with zero attached hydrogens (tertiary/aromatic N) is 3. The highest BCUT2D eigenvalue weighted by Gasteiger charge is 2.44. The highest BCUT2D eigenvalue weighted by atomic mass is 32.1. The maximum Gasteiger partial charge on any atom is 0.186 e. The van der Waals surface area contributed by atoms with Gasteiger partial charge in [-0.2, -0.15) is 8.75 Å². The van der Waals surface area contributed by atoms with Gasteiger partial charge in [0, 0.05) is 28.2 Å². The summed E-state index contributed by atoms with van der Waals surface area (Å²) in [6.45, 7) is 3.86. The minimum Gasteiger partial charge on any atom is -0.491 e. The van der Waals surface area contributed by atoms with E-state index in [1.54, 1.807) is 0 Å². The molecular formula is C48H55N3O12S. The molecule has 5 atom stereocenters. The molecule has 1 saturated heterocycles. The molecule has 1 aromatic heterocycles. The molecule has 64 heavy (non-hydrogen) atoms. The van der Waals surface area contributed by atoms with Gasteiger partial charge < -0.3 is 63.2 Å². The fraction of sp³-hybridized carbons (Fsp3) is 0.375. The molecule has 2 heterocycles. The van der Waals surface area contributed by atoms with Crippen molar-refractivity contribution < 1.29 is 58.3 Å². The molecule has 1 fully saturated rings. The lowest BCUT2D eigenvalue weighted by molar-refractivity contribution is -0.302. The van der Waals surface area contributed by atoms with Crippen molar-refractivity contribution in [1.29, 1.82) is 0 Å². The zero-order chi connectivity index (χ0) is 44.4. The van der Waals surface area contributed by atoms with Crippen molar-refractivity contribution in [1.82, 2.24) is 8.75 Å². The lowest BCUT2D eigenvalue weighted by Gasteiger charge is -2.39. The van der Waals surface area contributed by atoms with Crippen LogP contribution in [0.5, 0.6) is 5.75 Å². The number of aromatic nitrogens is 2. The first-order chi connectivity index (χ1) is 31.5. The quantitative estimate of drug-likeness (QED) is 0.0481. The Balaban J connectivity index is 0.735. The fourth-order valence-corrected chi connectivity index (χ4v) is 7.66. The van der Waals surface area contributed by atoms with Crippen molar-refractivity contribution in [2.45, 2.75) is 30.7 Å². The highest BCUT2D eigenvalue weighted by molar-refractivity contribution is 7.00. The molecule has 0 radical (unpaired) electrons. The summed E-state index contributed by atoms with van der Waals surface area (Å²) in [5.41, 5.74) is 9.13. The van der Waals surface area contributed by atoms with Crippen molar-refractivity contribution in [2.24, 2.45) is 0 Å². The van der Waals surface area contributed by atoms with E-state index < -0.39 is 37.3 Å². The van der Waals surface area contributed by atoms with E-state index in [1.807, 2.05) is 36.4 Å². The van der Waals surface area contributed by atoms with Crippen molar-refractivity contribution in [2.75, 3.05) is 90.8 Å². The van der Waals surface area contributed by atoms with Gasteiger partial charge in [0.25, 0.3) is 0 Å². The lowest BCUT2D eigenvalue weighted by Crippen LogP contribution is -2.59. The second kappa shape index (κ2) is 25.0. The molecular weight excluding hydrogens is 843 g/mol. The summed E-state index contributed by atoms with van der Waals surface area (Å²) in [5, 5.41) is 38.8. The van der Waals surface area contributed by atoms with Gasteiger partial charge >= 0.3 is 0 Å². The third kappa shape index (κ3) is 12.9. The molecule has 0 saturated carbocycles. The number of aliphatic hydroxyl groups is 4. The molecule has 0 unspecified atom stereocenters. The topological polar surface area (TPSA) is 184 Å². The number of rotatable bonds is 26. The zero-order valence-corrected chi connectivity index (χ0v) is 36.2. The van der Waals surface area contributed by atoms with Gasteiger partial charge in [0.1, 0.15) is 47.8 Å². The van der Waals surface area contributed by atoms with Crippen LogP contribution in [0.1, 0.15) is 0 Å². The second-order valence-electron chi connectivity index (χ2n) is 14.7. The Bertz CT molecular complexity index is 2200. The number of hydrogen-bond donors (Lipinski definition) is 4. The van der Waals surface area contributed by atoms with Gasteiger partial charge in [0.2, 0.25) is 0 Å². The van der Waals surface area contributed by atoms with E-state index in [0.29, 0.717) is 66.1 Å². The Hall–Kier alpha value is -4.92. The van der Waals surface area contributed by atoms with Crippen LogP contribution in [0.3, 0.4) is 0 Å². The van der Waals surface area contributed by atoms with Crippen molar-refractivity contribution in [3.8, 4) is 28.0 Å². The van der Waals surface area contributed by atoms with Gasteiger partial charge in [-0.1, -0.05) is 72.8 Å². The highest BCUT2D eigenvalue weighted by Crippen LogP contribution is 2.38. The molecule has 16 heteroatoms. The molecule has 0 spiro atoms. The summed E-state index contributed by atoms with van der Waals surface area (Å²) in [6.07, 6.45) is -6.54. The summed E-state index contributed by atoms with van der Waals surface area (Å²) < 4.78 is 53.6. The van der Waals surface area contributed by atoms with Crippen LogP contribution in [-0.4, -0.2) is 146 Å². The molecule has 1 aliphatic heterocycles. The van der Waals surface area contributed by atoms with Crippen LogP contribution in [0, 0.1) is 0 Å². The second-order valence-corrected chi connectivity index (χ2v) is 15.2. The van der Waals surface area contributed by atoms with Crippen LogP contribution >= 0.6 is 11.7 Å². The Kier molecular flexibility index (Phi) is 18.3. The summed E-state index contributed by atoms with van der Waals surface area (Å²) in [6, 6.07) is 41.5. The first-order valence-electron chi connectivity index (χ1n) is 21.3. The standard InChI is InChI=1S/C48H55N3O12S/c52-33-42-45(53)46(54)47(55)48(63-42)62-32-30-60-28-26-58-24-22-56-21-23-57-25-27-59-29-31-61-39-17-13-35(14-18-39)41-20-19-40(43-44(41)50-64-49-43)34-11-15-38(16-12-34)51(36-7-3-1-4-8-36)37-9-5-2-6-10-37/h1-20,42,45-48,52-55H,21-33H2/t42-,45-,46+,47+,48+/m1/s1. The minimum absolute atomic E-state index is 0.0802. The Morgan fingerprint density at radius 3 is 1.41 bits per heavy atom. The first-order valence-corrected chi connectivity index (χ1v) is 22.0. The maximum absolute atomic E-state index is 9.97. The molecule has 1 aliphatic rings. The average molecular weight is 898 g/mol. The van der Waals surface area contributed by atoms with Crippen molar-refractivity contribution in [3.63, 3.8) is 0 Å². The monoisotopic (exact) mass is 897 g/mol. The summed E-state index contributed by atoms with van der Waals surface area (Å²) in [5.74, 6) is 0.751. The zero-order valence-electron chi connectivity index (χ0n) is 35.4. The third-order valence-corrected chi connectivity index (χ3v) is 10.9. The summed E-state index contributed by atoms with van der Waals surface area (Å²) >= 11 is 1.22. The Morgan fingerprint density at radius 1 is 0.484 bits per heavy atom. The van der Waals surface area contributed by atoms with Crippen LogP contribution in [-0.2, 0) is 33.2 Å². The van der Waals surface area contributed by atoms with Crippen LogP contribution in [0.4, 0.5) is 17.1 Å². The molecule has 0 bridgehead atoms. The number of para-hydroxylation sites is 2. The lowest BCUT2D eigenvalue weighted by atomic mass is 9.97. The molecule has 5 aromatic carbocycles. The first kappa shape index (κ1) is 47.1. The Labute approximate surface area is 376 Å². The Morgan fingerprint density at radius 2 is 0.922 bits per heavy atom. The molecule has 0 amide bonds. The molecule has 0 aliphatic carbocycles.